The van der Waals surface area contributed by atoms with Crippen molar-refractivity contribution >= 4 is 0 Å². The lowest BCUT2D eigenvalue weighted by molar-refractivity contribution is 0.0557. The normalized spacial score (nSPS) is 17.4. The van der Waals surface area contributed by atoms with Gasteiger partial charge < -0.3 is 14.8 Å². The summed E-state index contributed by atoms with van der Waals surface area (Å²) in [7, 11) is 1.64. The van der Waals surface area contributed by atoms with Crippen LogP contribution in [0.2, 0.25) is 0 Å². The Hall–Kier alpha value is -1.57. The van der Waals surface area contributed by atoms with E-state index in [9.17, 15) is 0 Å². The molecule has 1 aliphatic heterocycles. The maximum absolute atomic E-state index is 8.90. The highest BCUT2D eigenvalue weighted by Gasteiger charge is 2.20. The molecule has 2 rings (SSSR count). The third kappa shape index (κ3) is 3.72. The van der Waals surface area contributed by atoms with Crippen molar-refractivity contribution in [2.24, 2.45) is 5.92 Å². The molecule has 0 saturated carbocycles. The second-order valence-electron chi connectivity index (χ2n) is 5.26. The highest BCUT2D eigenvalue weighted by Crippen LogP contribution is 2.22. The molecule has 0 unspecified atom stereocenters. The van der Waals surface area contributed by atoms with Gasteiger partial charge in [-0.2, -0.15) is 5.26 Å². The molecule has 1 aliphatic rings. The van der Waals surface area contributed by atoms with Gasteiger partial charge in [-0.3, -0.25) is 0 Å². The van der Waals surface area contributed by atoms with Gasteiger partial charge in [0.05, 0.1) is 18.7 Å². The Bertz CT molecular complexity index is 476. The third-order valence-electron chi connectivity index (χ3n) is 4.00. The van der Waals surface area contributed by atoms with E-state index in [0.29, 0.717) is 17.5 Å². The van der Waals surface area contributed by atoms with Crippen molar-refractivity contribution in [2.45, 2.75) is 32.4 Å². The van der Waals surface area contributed by atoms with E-state index in [1.807, 2.05) is 12.1 Å². The Morgan fingerprint density at radius 1 is 1.45 bits per heavy atom. The van der Waals surface area contributed by atoms with Crippen molar-refractivity contribution in [2.75, 3.05) is 20.3 Å². The minimum Gasteiger partial charge on any atom is -0.496 e. The van der Waals surface area contributed by atoms with Crippen molar-refractivity contribution in [3.8, 4) is 11.8 Å². The molecule has 0 amide bonds. The van der Waals surface area contributed by atoms with Gasteiger partial charge in [0.2, 0.25) is 0 Å². The quantitative estimate of drug-likeness (QED) is 0.896. The second-order valence-corrected chi connectivity index (χ2v) is 5.26. The molecule has 4 heteroatoms. The summed E-state index contributed by atoms with van der Waals surface area (Å²) in [6, 6.07) is 8.17. The molecule has 1 atom stereocenters. The Labute approximate surface area is 120 Å². The molecule has 0 spiro atoms. The van der Waals surface area contributed by atoms with Crippen LogP contribution < -0.4 is 10.1 Å². The van der Waals surface area contributed by atoms with Crippen LogP contribution in [0.15, 0.2) is 18.2 Å². The number of ether oxygens (including phenoxy) is 2. The summed E-state index contributed by atoms with van der Waals surface area (Å²) in [6.07, 6.45) is 2.25. The van der Waals surface area contributed by atoms with Crippen LogP contribution in [0, 0.1) is 17.2 Å². The van der Waals surface area contributed by atoms with Gasteiger partial charge in [0.1, 0.15) is 5.75 Å². The molecule has 1 aromatic carbocycles. The molecule has 1 heterocycles. The fraction of sp³-hybridized carbons (Fsp3) is 0.562. The van der Waals surface area contributed by atoms with Crippen LogP contribution in [-0.2, 0) is 11.3 Å². The van der Waals surface area contributed by atoms with Crippen LogP contribution in [0.4, 0.5) is 0 Å². The molecule has 1 N–H and O–H groups in total. The van der Waals surface area contributed by atoms with Crippen LogP contribution in [0.1, 0.15) is 30.9 Å². The van der Waals surface area contributed by atoms with Crippen molar-refractivity contribution in [3.63, 3.8) is 0 Å². The molecule has 0 aromatic heterocycles. The number of benzene rings is 1. The summed E-state index contributed by atoms with van der Waals surface area (Å²) in [6.45, 7) is 4.73. The van der Waals surface area contributed by atoms with Crippen LogP contribution >= 0.6 is 0 Å². The average molecular weight is 274 g/mol. The van der Waals surface area contributed by atoms with Crippen LogP contribution in [-0.4, -0.2) is 26.4 Å². The first-order chi connectivity index (χ1) is 9.74. The minimum absolute atomic E-state index is 0.458. The largest absolute Gasteiger partial charge is 0.496 e. The van der Waals surface area contributed by atoms with Gasteiger partial charge in [0, 0.05) is 31.4 Å². The molecule has 0 bridgehead atoms. The first-order valence-corrected chi connectivity index (χ1v) is 7.12. The monoisotopic (exact) mass is 274 g/mol. The lowest BCUT2D eigenvalue weighted by Gasteiger charge is -2.28. The van der Waals surface area contributed by atoms with Gasteiger partial charge in [-0.1, -0.05) is 6.07 Å². The molecule has 0 aliphatic carbocycles. The van der Waals surface area contributed by atoms with E-state index >= 15 is 0 Å². The lowest BCUT2D eigenvalue weighted by Crippen LogP contribution is -2.36. The molecular formula is C16H22N2O2. The number of nitriles is 1. The Morgan fingerprint density at radius 3 is 2.85 bits per heavy atom. The topological polar surface area (TPSA) is 54.3 Å². The number of rotatable bonds is 5. The summed E-state index contributed by atoms with van der Waals surface area (Å²) in [5, 5.41) is 12.5. The van der Waals surface area contributed by atoms with Gasteiger partial charge in [-0.25, -0.2) is 0 Å². The Kier molecular flexibility index (Phi) is 5.40. The molecular weight excluding hydrogens is 252 g/mol. The summed E-state index contributed by atoms with van der Waals surface area (Å²) in [5.41, 5.74) is 1.72. The molecule has 1 saturated heterocycles. The molecule has 1 aromatic rings. The molecule has 0 radical (unpaired) electrons. The highest BCUT2D eigenvalue weighted by atomic mass is 16.5. The summed E-state index contributed by atoms with van der Waals surface area (Å²) < 4.78 is 10.8. The average Bonchev–Trinajstić information content (AvgIpc) is 2.53. The number of nitrogens with zero attached hydrogens (tertiary/aromatic N) is 1. The predicted octanol–water partition coefficient (Wildman–Crippen LogP) is 2.47. The number of hydrogen-bond acceptors (Lipinski definition) is 4. The van der Waals surface area contributed by atoms with Crippen molar-refractivity contribution < 1.29 is 9.47 Å². The number of nitrogens with one attached hydrogen (secondary N) is 1. The zero-order valence-electron chi connectivity index (χ0n) is 12.2. The van der Waals surface area contributed by atoms with E-state index in [-0.39, 0.29) is 0 Å². The van der Waals surface area contributed by atoms with Crippen LogP contribution in [0.3, 0.4) is 0 Å². The standard InChI is InChI=1S/C16H22N2O2/c1-12(14-5-7-20-8-6-14)18-11-15-4-3-13(10-17)9-16(15)19-2/h3-4,9,12,14,18H,5-8,11H2,1-2H3/t12-/m0/s1. The van der Waals surface area contributed by atoms with Gasteiger partial charge in [-0.15, -0.1) is 0 Å². The molecule has 4 nitrogen and oxygen atoms in total. The van der Waals surface area contributed by atoms with E-state index in [1.54, 1.807) is 13.2 Å². The van der Waals surface area contributed by atoms with Gasteiger partial charge in [0.25, 0.3) is 0 Å². The van der Waals surface area contributed by atoms with Gasteiger partial charge in [0.15, 0.2) is 0 Å². The maximum Gasteiger partial charge on any atom is 0.124 e. The predicted molar refractivity (Wildman–Crippen MR) is 77.6 cm³/mol. The first-order valence-electron chi connectivity index (χ1n) is 7.12. The van der Waals surface area contributed by atoms with Gasteiger partial charge in [-0.05, 0) is 37.8 Å². The zero-order chi connectivity index (χ0) is 14.4. The summed E-state index contributed by atoms with van der Waals surface area (Å²) in [4.78, 5) is 0. The van der Waals surface area contributed by atoms with Gasteiger partial charge >= 0.3 is 0 Å². The fourth-order valence-electron chi connectivity index (χ4n) is 2.61. The van der Waals surface area contributed by atoms with Crippen molar-refractivity contribution in [1.29, 1.82) is 5.26 Å². The maximum atomic E-state index is 8.90. The summed E-state index contributed by atoms with van der Waals surface area (Å²) in [5.74, 6) is 1.45. The number of hydrogen-bond donors (Lipinski definition) is 1. The van der Waals surface area contributed by atoms with Crippen molar-refractivity contribution in [3.05, 3.63) is 29.3 Å². The van der Waals surface area contributed by atoms with E-state index in [1.165, 1.54) is 0 Å². The van der Waals surface area contributed by atoms with E-state index in [0.717, 1.165) is 43.9 Å². The second kappa shape index (κ2) is 7.28. The SMILES string of the molecule is COc1cc(C#N)ccc1CN[C@@H](C)C1CCOCC1. The van der Waals surface area contributed by atoms with E-state index in [2.05, 4.69) is 18.3 Å². The number of methoxy groups -OCH3 is 1. The molecule has 108 valence electrons. The lowest BCUT2D eigenvalue weighted by atomic mass is 9.93. The minimum atomic E-state index is 0.458. The fourth-order valence-corrected chi connectivity index (χ4v) is 2.61. The Balaban J connectivity index is 1.94. The zero-order valence-corrected chi connectivity index (χ0v) is 12.2. The third-order valence-corrected chi connectivity index (χ3v) is 4.00. The molecule has 20 heavy (non-hydrogen) atoms. The van der Waals surface area contributed by atoms with Crippen LogP contribution in [0.5, 0.6) is 5.75 Å². The summed E-state index contributed by atoms with van der Waals surface area (Å²) >= 11 is 0. The van der Waals surface area contributed by atoms with E-state index < -0.39 is 0 Å². The first kappa shape index (κ1) is 14.8. The smallest absolute Gasteiger partial charge is 0.124 e. The van der Waals surface area contributed by atoms with E-state index in [4.69, 9.17) is 14.7 Å². The Morgan fingerprint density at radius 2 is 2.20 bits per heavy atom. The van der Waals surface area contributed by atoms with Crippen LogP contribution in [0.25, 0.3) is 0 Å². The van der Waals surface area contributed by atoms with Crippen molar-refractivity contribution in [1.82, 2.24) is 5.32 Å². The molecule has 1 fully saturated rings. The highest BCUT2D eigenvalue weighted by molar-refractivity contribution is 5.42.